The van der Waals surface area contributed by atoms with Gasteiger partial charge in [0.2, 0.25) is 11.8 Å². The Labute approximate surface area is 248 Å². The van der Waals surface area contributed by atoms with Crippen LogP contribution in [0.5, 0.6) is 0 Å². The Hall–Kier alpha value is -3.37. The highest BCUT2D eigenvalue weighted by atomic mass is 32.2. The zero-order chi connectivity index (χ0) is 29.6. The minimum atomic E-state index is 0.110. The Balaban J connectivity index is 0.000000389. The number of hydrogen-bond donors (Lipinski definition) is 5. The van der Waals surface area contributed by atoms with E-state index in [0.717, 1.165) is 80.0 Å². The van der Waals surface area contributed by atoms with Gasteiger partial charge in [-0.2, -0.15) is 0 Å². The third kappa shape index (κ3) is 11.2. The molecular weight excluding hydrogens is 534 g/mol. The number of nitrogens with zero attached hydrogens (tertiary/aromatic N) is 2. The van der Waals surface area contributed by atoms with Crippen LogP contribution in [0.2, 0.25) is 0 Å². The van der Waals surface area contributed by atoms with E-state index in [1.54, 1.807) is 7.05 Å². The lowest BCUT2D eigenvalue weighted by Crippen LogP contribution is -2.42. The Bertz CT molecular complexity index is 1190. The van der Waals surface area contributed by atoms with Crippen molar-refractivity contribution in [3.63, 3.8) is 0 Å². The maximum Gasteiger partial charge on any atom is 0.237 e. The topological polar surface area (TPSA) is 150 Å². The lowest BCUT2D eigenvalue weighted by atomic mass is 9.91. The van der Waals surface area contributed by atoms with Crippen molar-refractivity contribution < 1.29 is 9.59 Å². The third-order valence-electron chi connectivity index (χ3n) is 7.60. The molecule has 0 saturated carbocycles. The van der Waals surface area contributed by atoms with Crippen LogP contribution in [0, 0.1) is 18.3 Å². The summed E-state index contributed by atoms with van der Waals surface area (Å²) in [6, 6.07) is 16.1. The predicted molar refractivity (Wildman–Crippen MR) is 168 cm³/mol. The van der Waals surface area contributed by atoms with Gasteiger partial charge >= 0.3 is 0 Å². The molecule has 9 nitrogen and oxygen atoms in total. The third-order valence-corrected chi connectivity index (χ3v) is 8.38. The molecule has 7 N–H and O–H groups in total. The molecule has 4 rings (SSSR count). The first-order chi connectivity index (χ1) is 19.7. The predicted octanol–water partition coefficient (Wildman–Crippen LogP) is 3.95. The van der Waals surface area contributed by atoms with Crippen LogP contribution in [0.1, 0.15) is 67.6 Å². The number of nitrogens with one attached hydrogen (secondary N) is 3. The number of amides is 2. The Morgan fingerprint density at radius 1 is 1.12 bits per heavy atom. The van der Waals surface area contributed by atoms with Crippen LogP contribution in [-0.4, -0.2) is 61.6 Å². The van der Waals surface area contributed by atoms with E-state index in [9.17, 15) is 9.59 Å². The molecular formula is C31H45N7O2S. The number of nitrogens with two attached hydrogens (primary N) is 2. The first-order valence-electron chi connectivity index (χ1n) is 14.4. The number of piperidine rings is 1. The number of carbonyl (C=O) groups is 2. The van der Waals surface area contributed by atoms with Crippen LogP contribution in [0.25, 0.3) is 0 Å². The molecule has 10 heteroatoms. The lowest BCUT2D eigenvalue weighted by Gasteiger charge is -2.32. The van der Waals surface area contributed by atoms with E-state index < -0.39 is 0 Å². The summed E-state index contributed by atoms with van der Waals surface area (Å²) in [5, 5.41) is 9.78. The van der Waals surface area contributed by atoms with Gasteiger partial charge in [0, 0.05) is 55.9 Å². The van der Waals surface area contributed by atoms with Gasteiger partial charge in [0.05, 0.1) is 12.4 Å². The molecule has 1 unspecified atom stereocenters. The van der Waals surface area contributed by atoms with Gasteiger partial charge in [-0.25, -0.2) is 0 Å². The SMILES string of the molecule is CNC(=O)CCCC1CCN(C(=O)CNSc2cccc(C3CCC(N)=NC3)c2)CC1.Cc1cccc(C(=N)N)c1. The van der Waals surface area contributed by atoms with Crippen molar-refractivity contribution in [2.45, 2.75) is 62.7 Å². The van der Waals surface area contributed by atoms with Gasteiger partial charge in [0.25, 0.3) is 0 Å². The molecule has 2 amide bonds. The second kappa shape index (κ2) is 16.8. The molecule has 2 aliphatic rings. The first kappa shape index (κ1) is 32.1. The number of nitrogen functional groups attached to an aromatic ring is 1. The van der Waals surface area contributed by atoms with Crippen molar-refractivity contribution >= 4 is 35.4 Å². The molecule has 2 aromatic carbocycles. The van der Waals surface area contributed by atoms with E-state index in [1.807, 2.05) is 36.1 Å². The molecule has 222 valence electrons. The highest BCUT2D eigenvalue weighted by Gasteiger charge is 2.22. The molecule has 0 spiro atoms. The Kier molecular flexibility index (Phi) is 13.2. The van der Waals surface area contributed by atoms with Gasteiger partial charge in [0.1, 0.15) is 5.84 Å². The van der Waals surface area contributed by atoms with Crippen LogP contribution < -0.4 is 21.5 Å². The summed E-state index contributed by atoms with van der Waals surface area (Å²) in [6.45, 7) is 4.70. The molecule has 2 aliphatic heterocycles. The Morgan fingerprint density at radius 3 is 2.51 bits per heavy atom. The summed E-state index contributed by atoms with van der Waals surface area (Å²) in [7, 11) is 1.68. The molecule has 0 aliphatic carbocycles. The molecule has 1 atom stereocenters. The summed E-state index contributed by atoms with van der Waals surface area (Å²) in [4.78, 5) is 31.3. The number of aryl methyl sites for hydroxylation is 1. The maximum absolute atomic E-state index is 12.6. The van der Waals surface area contributed by atoms with E-state index in [1.165, 1.54) is 17.5 Å². The highest BCUT2D eigenvalue weighted by Crippen LogP contribution is 2.28. The molecule has 0 bridgehead atoms. The van der Waals surface area contributed by atoms with Crippen molar-refractivity contribution in [1.82, 2.24) is 14.9 Å². The van der Waals surface area contributed by atoms with Gasteiger partial charge in [0.15, 0.2) is 0 Å². The van der Waals surface area contributed by atoms with E-state index in [-0.39, 0.29) is 17.6 Å². The monoisotopic (exact) mass is 579 g/mol. The van der Waals surface area contributed by atoms with E-state index in [0.29, 0.717) is 24.8 Å². The van der Waals surface area contributed by atoms with Gasteiger partial charge in [-0.15, -0.1) is 0 Å². The van der Waals surface area contributed by atoms with Crippen LogP contribution >= 0.6 is 11.9 Å². The molecule has 1 fully saturated rings. The molecule has 0 radical (unpaired) electrons. The van der Waals surface area contributed by atoms with Gasteiger partial charge in [-0.3, -0.25) is 24.7 Å². The lowest BCUT2D eigenvalue weighted by molar-refractivity contribution is -0.131. The summed E-state index contributed by atoms with van der Waals surface area (Å²) >= 11 is 1.51. The second-order valence-electron chi connectivity index (χ2n) is 10.7. The van der Waals surface area contributed by atoms with Crippen molar-refractivity contribution in [3.05, 3.63) is 65.2 Å². The summed E-state index contributed by atoms with van der Waals surface area (Å²) in [6.07, 6.45) is 6.55. The fourth-order valence-electron chi connectivity index (χ4n) is 5.08. The Morgan fingerprint density at radius 2 is 1.88 bits per heavy atom. The number of carbonyl (C=O) groups excluding carboxylic acids is 2. The number of hydrogen-bond acceptors (Lipinski definition) is 7. The minimum absolute atomic E-state index is 0.110. The fourth-order valence-corrected chi connectivity index (χ4v) is 5.78. The standard InChI is InChI=1S/C23H35N5O2S.C8H10N2/c1-25-22(29)7-2-4-17-10-12-28(13-11-17)23(30)16-27-31-20-6-3-5-18(14-20)19-8-9-21(24)26-15-19;1-6-3-2-4-7(5-6)8(9)10/h3,5-6,14,17,19,27H,2,4,7-13,15-16H2,1H3,(H2,24,26)(H,25,29);2-5H,1H3,(H3,9,10). The minimum Gasteiger partial charge on any atom is -0.387 e. The first-order valence-corrected chi connectivity index (χ1v) is 15.2. The summed E-state index contributed by atoms with van der Waals surface area (Å²) in [5.74, 6) is 2.20. The van der Waals surface area contributed by atoms with Crippen molar-refractivity contribution in [2.75, 3.05) is 33.2 Å². The number of benzene rings is 2. The molecule has 0 aromatic heterocycles. The number of rotatable bonds is 10. The maximum atomic E-state index is 12.6. The van der Waals surface area contributed by atoms with Crippen molar-refractivity contribution in [2.24, 2.45) is 22.4 Å². The number of likely N-dealkylation sites (tertiary alicyclic amines) is 1. The van der Waals surface area contributed by atoms with Crippen molar-refractivity contribution in [1.29, 1.82) is 5.41 Å². The van der Waals surface area contributed by atoms with Crippen LogP contribution in [0.15, 0.2) is 58.4 Å². The van der Waals surface area contributed by atoms with Crippen LogP contribution in [0.3, 0.4) is 0 Å². The average Bonchev–Trinajstić information content (AvgIpc) is 2.98. The van der Waals surface area contributed by atoms with Crippen LogP contribution in [0.4, 0.5) is 0 Å². The fraction of sp³-hybridized carbons (Fsp3) is 0.484. The number of amidine groups is 2. The van der Waals surface area contributed by atoms with Gasteiger partial charge < -0.3 is 21.7 Å². The quantitative estimate of drug-likeness (QED) is 0.163. The highest BCUT2D eigenvalue weighted by molar-refractivity contribution is 7.97. The molecule has 2 aromatic rings. The molecule has 41 heavy (non-hydrogen) atoms. The van der Waals surface area contributed by atoms with Gasteiger partial charge in [-0.05, 0) is 80.7 Å². The normalized spacial score (nSPS) is 17.2. The summed E-state index contributed by atoms with van der Waals surface area (Å²) < 4.78 is 3.23. The van der Waals surface area contributed by atoms with Gasteiger partial charge in [-0.1, -0.05) is 35.9 Å². The van der Waals surface area contributed by atoms with E-state index >= 15 is 0 Å². The zero-order valence-electron chi connectivity index (χ0n) is 24.3. The average molecular weight is 580 g/mol. The van der Waals surface area contributed by atoms with Crippen molar-refractivity contribution in [3.8, 4) is 0 Å². The zero-order valence-corrected chi connectivity index (χ0v) is 25.1. The van der Waals surface area contributed by atoms with E-state index in [2.05, 4.69) is 39.3 Å². The smallest absolute Gasteiger partial charge is 0.237 e. The number of aliphatic imine (C=N–C) groups is 1. The van der Waals surface area contributed by atoms with Crippen LogP contribution in [-0.2, 0) is 9.59 Å². The second-order valence-corrected chi connectivity index (χ2v) is 11.7. The molecule has 2 heterocycles. The largest absolute Gasteiger partial charge is 0.387 e. The molecule has 1 saturated heterocycles. The summed E-state index contributed by atoms with van der Waals surface area (Å²) in [5.41, 5.74) is 14.3. The van der Waals surface area contributed by atoms with E-state index in [4.69, 9.17) is 16.9 Å².